The number of hydrogen-bond acceptors (Lipinski definition) is 3. The molecule has 154 valence electrons. The van der Waals surface area contributed by atoms with E-state index < -0.39 is 12.1 Å². The molecule has 1 saturated heterocycles. The number of aromatic hydroxyl groups is 1. The van der Waals surface area contributed by atoms with Gasteiger partial charge >= 0.3 is 6.03 Å². The molecule has 0 saturated carbocycles. The average Bonchev–Trinajstić information content (AvgIpc) is 3.20. The molecule has 7 heteroatoms. The first-order valence-corrected chi connectivity index (χ1v) is 11.0. The highest BCUT2D eigenvalue weighted by Crippen LogP contribution is 2.44. The molecule has 0 aliphatic carbocycles. The van der Waals surface area contributed by atoms with Crippen molar-refractivity contribution in [3.63, 3.8) is 0 Å². The Labute approximate surface area is 182 Å². The van der Waals surface area contributed by atoms with Crippen molar-refractivity contribution in [1.29, 1.82) is 0 Å². The molecule has 0 spiro atoms. The molecule has 3 aromatic rings. The zero-order chi connectivity index (χ0) is 21.0. The van der Waals surface area contributed by atoms with Crippen molar-refractivity contribution in [3.8, 4) is 5.75 Å². The maximum absolute atomic E-state index is 13.4. The van der Waals surface area contributed by atoms with Crippen molar-refractivity contribution in [1.82, 2.24) is 14.8 Å². The molecular weight excluding hydrogens is 446 g/mol. The number of phenols is 1. The number of hydrogen-bond donors (Lipinski definition) is 2. The monoisotopic (exact) mass is 467 g/mol. The fourth-order valence-electron chi connectivity index (χ4n) is 4.71. The molecule has 0 radical (unpaired) electrons. The minimum atomic E-state index is -0.535. The Balaban J connectivity index is 1.70. The topological polar surface area (TPSA) is 76.6 Å². The van der Waals surface area contributed by atoms with Gasteiger partial charge in [-0.1, -0.05) is 41.4 Å². The maximum Gasteiger partial charge on any atom is 0.328 e. The summed E-state index contributed by atoms with van der Waals surface area (Å²) >= 11 is 3.54. The number of carbonyl (C=O) groups excluding carboxylic acids is 2. The predicted octanol–water partition coefficient (Wildman–Crippen LogP) is 4.71. The van der Waals surface area contributed by atoms with E-state index in [0.29, 0.717) is 13.0 Å². The number of rotatable bonds is 4. The van der Waals surface area contributed by atoms with Crippen LogP contribution in [0, 0.1) is 0 Å². The molecule has 2 atom stereocenters. The number of imide groups is 1. The quantitative estimate of drug-likeness (QED) is 0.545. The van der Waals surface area contributed by atoms with Crippen LogP contribution in [0.2, 0.25) is 0 Å². The summed E-state index contributed by atoms with van der Waals surface area (Å²) < 4.78 is 0.964. The number of amides is 3. The van der Waals surface area contributed by atoms with Gasteiger partial charge in [0.2, 0.25) is 0 Å². The van der Waals surface area contributed by atoms with Crippen LogP contribution in [-0.4, -0.2) is 44.4 Å². The van der Waals surface area contributed by atoms with Crippen molar-refractivity contribution in [2.75, 3.05) is 6.54 Å². The Kier molecular flexibility index (Phi) is 4.58. The van der Waals surface area contributed by atoms with Gasteiger partial charge in [0.25, 0.3) is 5.91 Å². The van der Waals surface area contributed by atoms with E-state index in [-0.39, 0.29) is 17.7 Å². The van der Waals surface area contributed by atoms with Crippen molar-refractivity contribution in [3.05, 3.63) is 63.8 Å². The molecule has 2 aliphatic rings. The second-order valence-corrected chi connectivity index (χ2v) is 8.87. The Hall–Kier alpha value is -2.80. The Morgan fingerprint density at radius 2 is 2.03 bits per heavy atom. The number of nitrogens with one attached hydrogen (secondary N) is 1. The number of urea groups is 1. The predicted molar refractivity (Wildman–Crippen MR) is 117 cm³/mol. The number of fused-ring (bicyclic) bond motifs is 4. The van der Waals surface area contributed by atoms with Gasteiger partial charge in [-0.15, -0.1) is 0 Å². The van der Waals surface area contributed by atoms with Crippen molar-refractivity contribution >= 4 is 38.8 Å². The lowest BCUT2D eigenvalue weighted by atomic mass is 9.89. The van der Waals surface area contributed by atoms with Gasteiger partial charge in [-0.25, -0.2) is 4.79 Å². The van der Waals surface area contributed by atoms with Crippen LogP contribution >= 0.6 is 15.9 Å². The minimum Gasteiger partial charge on any atom is -0.508 e. The summed E-state index contributed by atoms with van der Waals surface area (Å²) in [5.41, 5.74) is 3.71. The molecule has 1 aromatic heterocycles. The van der Waals surface area contributed by atoms with Gasteiger partial charge < -0.3 is 10.1 Å². The van der Waals surface area contributed by atoms with Crippen molar-refractivity contribution in [2.24, 2.45) is 0 Å². The molecule has 5 rings (SSSR count). The first-order chi connectivity index (χ1) is 14.5. The summed E-state index contributed by atoms with van der Waals surface area (Å²) in [6, 6.07) is 11.7. The highest BCUT2D eigenvalue weighted by atomic mass is 79.9. The molecule has 2 N–H and O–H groups in total. The number of H-pyrrole nitrogens is 1. The van der Waals surface area contributed by atoms with Crippen LogP contribution in [0.1, 0.15) is 42.6 Å². The summed E-state index contributed by atoms with van der Waals surface area (Å²) in [5.74, 6) is 0.00411. The first-order valence-electron chi connectivity index (χ1n) is 10.2. The smallest absolute Gasteiger partial charge is 0.328 e. The lowest BCUT2D eigenvalue weighted by molar-refractivity contribution is -0.128. The number of aromatic nitrogens is 1. The van der Waals surface area contributed by atoms with E-state index in [1.165, 1.54) is 4.90 Å². The number of aromatic amines is 1. The van der Waals surface area contributed by atoms with Crippen molar-refractivity contribution < 1.29 is 14.7 Å². The minimum absolute atomic E-state index is 0.131. The largest absolute Gasteiger partial charge is 0.508 e. The fraction of sp³-hybridized carbons (Fsp3) is 0.304. The second-order valence-electron chi connectivity index (χ2n) is 7.96. The lowest BCUT2D eigenvalue weighted by Crippen LogP contribution is -2.44. The van der Waals surface area contributed by atoms with E-state index >= 15 is 0 Å². The third kappa shape index (κ3) is 2.83. The number of unbranched alkanes of at least 4 members (excludes halogenated alkanes) is 1. The highest BCUT2D eigenvalue weighted by Gasteiger charge is 2.52. The number of benzene rings is 2. The van der Waals surface area contributed by atoms with Crippen LogP contribution in [0.15, 0.2) is 46.9 Å². The van der Waals surface area contributed by atoms with Crippen LogP contribution in [0.4, 0.5) is 4.79 Å². The van der Waals surface area contributed by atoms with E-state index in [2.05, 4.69) is 27.0 Å². The van der Waals surface area contributed by atoms with Gasteiger partial charge in [0.05, 0.1) is 0 Å². The Bertz CT molecular complexity index is 1170. The molecule has 0 bridgehead atoms. The molecular formula is C23H22BrN3O3. The van der Waals surface area contributed by atoms with Crippen LogP contribution in [0.3, 0.4) is 0 Å². The lowest BCUT2D eigenvalue weighted by Gasteiger charge is -2.36. The van der Waals surface area contributed by atoms with Gasteiger partial charge in [0.15, 0.2) is 0 Å². The number of phenolic OH excluding ortho intramolecular Hbond substituents is 1. The second kappa shape index (κ2) is 7.16. The van der Waals surface area contributed by atoms with Crippen molar-refractivity contribution in [2.45, 2.75) is 38.3 Å². The van der Waals surface area contributed by atoms with Gasteiger partial charge in [0, 0.05) is 34.0 Å². The van der Waals surface area contributed by atoms with E-state index in [1.807, 2.05) is 25.1 Å². The molecule has 30 heavy (non-hydrogen) atoms. The Morgan fingerprint density at radius 3 is 2.80 bits per heavy atom. The van der Waals surface area contributed by atoms with Crippen LogP contribution in [0.25, 0.3) is 10.9 Å². The van der Waals surface area contributed by atoms with Gasteiger partial charge in [-0.2, -0.15) is 0 Å². The SMILES string of the molecule is CCCCN1C(=O)[C@@H]2Cc3c([nH]c4ccc(Br)cc34)[C@@H](c3cccc(O)c3)N2C1=O. The van der Waals surface area contributed by atoms with E-state index in [1.54, 1.807) is 23.1 Å². The first kappa shape index (κ1) is 19.2. The fourth-order valence-corrected chi connectivity index (χ4v) is 5.07. The summed E-state index contributed by atoms with van der Waals surface area (Å²) in [6.45, 7) is 2.48. The number of halogens is 1. The maximum atomic E-state index is 13.4. The van der Waals surface area contributed by atoms with Gasteiger partial charge in [0.1, 0.15) is 17.8 Å². The molecule has 2 aromatic carbocycles. The number of nitrogens with zero attached hydrogens (tertiary/aromatic N) is 2. The van der Waals surface area contributed by atoms with Crippen LogP contribution in [0.5, 0.6) is 5.75 Å². The number of carbonyl (C=O) groups is 2. The average molecular weight is 468 g/mol. The van der Waals surface area contributed by atoms with Gasteiger partial charge in [-0.05, 0) is 47.9 Å². The van der Waals surface area contributed by atoms with Crippen LogP contribution in [-0.2, 0) is 11.2 Å². The summed E-state index contributed by atoms with van der Waals surface area (Å²) in [5, 5.41) is 11.1. The molecule has 2 aliphatic heterocycles. The molecule has 1 fully saturated rings. The molecule has 6 nitrogen and oxygen atoms in total. The van der Waals surface area contributed by atoms with E-state index in [0.717, 1.165) is 45.0 Å². The Morgan fingerprint density at radius 1 is 1.20 bits per heavy atom. The zero-order valence-corrected chi connectivity index (χ0v) is 18.1. The zero-order valence-electron chi connectivity index (χ0n) is 16.6. The summed E-state index contributed by atoms with van der Waals surface area (Å²) in [4.78, 5) is 33.2. The summed E-state index contributed by atoms with van der Waals surface area (Å²) in [7, 11) is 0. The van der Waals surface area contributed by atoms with Gasteiger partial charge in [-0.3, -0.25) is 14.6 Å². The molecule has 0 unspecified atom stereocenters. The summed E-state index contributed by atoms with van der Waals surface area (Å²) in [6.07, 6.45) is 2.18. The van der Waals surface area contributed by atoms with Crippen LogP contribution < -0.4 is 0 Å². The standard InChI is InChI=1S/C23H22BrN3O3/c1-2-3-9-26-22(29)19-12-17-16-11-14(24)7-8-18(16)25-20(17)21(27(19)23(26)30)13-5-4-6-15(28)10-13/h4-8,10-11,19,21,25,28H,2-3,9,12H2,1H3/t19-,21+/m0/s1. The normalized spacial score (nSPS) is 20.7. The highest BCUT2D eigenvalue weighted by molar-refractivity contribution is 9.10. The molecule has 3 amide bonds. The third-order valence-electron chi connectivity index (χ3n) is 6.11. The third-order valence-corrected chi connectivity index (χ3v) is 6.60. The van der Waals surface area contributed by atoms with E-state index in [4.69, 9.17) is 0 Å². The van der Waals surface area contributed by atoms with E-state index in [9.17, 15) is 14.7 Å². The molecule has 3 heterocycles.